The molecule has 1 aromatic rings. The fourth-order valence-electron chi connectivity index (χ4n) is 1.22. The van der Waals surface area contributed by atoms with E-state index in [0.717, 1.165) is 0 Å². The average Bonchev–Trinajstić information content (AvgIpc) is 2.35. The highest BCUT2D eigenvalue weighted by atomic mass is 14.9. The van der Waals surface area contributed by atoms with Gasteiger partial charge in [0.15, 0.2) is 0 Å². The molecule has 0 unspecified atom stereocenters. The minimum atomic E-state index is 0.293. The van der Waals surface area contributed by atoms with Crippen LogP contribution >= 0.6 is 0 Å². The summed E-state index contributed by atoms with van der Waals surface area (Å²) in [6.45, 7) is 9.14. The Labute approximate surface area is 75.4 Å². The zero-order valence-electron chi connectivity index (χ0n) is 8.76. The van der Waals surface area contributed by atoms with Crippen LogP contribution in [-0.4, -0.2) is 4.57 Å². The van der Waals surface area contributed by atoms with Crippen LogP contribution < -0.4 is 0 Å². The van der Waals surface area contributed by atoms with Gasteiger partial charge in [0.05, 0.1) is 0 Å². The molecule has 68 valence electrons. The monoisotopic (exact) mass is 165 g/mol. The highest BCUT2D eigenvalue weighted by molar-refractivity contribution is 5.21. The lowest BCUT2D eigenvalue weighted by Crippen LogP contribution is -2.23. The molecule has 0 aliphatic rings. The number of nitrogens with zero attached hydrogens (tertiary/aromatic N) is 1. The van der Waals surface area contributed by atoms with E-state index in [1.807, 2.05) is 0 Å². The molecule has 1 rings (SSSR count). The molecule has 0 bridgehead atoms. The van der Waals surface area contributed by atoms with E-state index in [0.29, 0.717) is 11.3 Å². The Kier molecular flexibility index (Phi) is 2.31. The first-order valence-electron chi connectivity index (χ1n) is 4.57. The molecule has 0 aliphatic heterocycles. The van der Waals surface area contributed by atoms with Crippen molar-refractivity contribution in [2.24, 2.45) is 13.0 Å². The van der Waals surface area contributed by atoms with E-state index in [2.05, 4.69) is 57.8 Å². The fourth-order valence-corrected chi connectivity index (χ4v) is 1.22. The lowest BCUT2D eigenvalue weighted by Gasteiger charge is -2.28. The van der Waals surface area contributed by atoms with Gasteiger partial charge in [0.2, 0.25) is 0 Å². The number of rotatable bonds is 2. The van der Waals surface area contributed by atoms with Crippen molar-refractivity contribution in [2.45, 2.75) is 33.1 Å². The van der Waals surface area contributed by atoms with Crippen molar-refractivity contribution in [3.8, 4) is 0 Å². The topological polar surface area (TPSA) is 4.93 Å². The Balaban J connectivity index is 2.97. The van der Waals surface area contributed by atoms with Crippen molar-refractivity contribution in [2.75, 3.05) is 0 Å². The van der Waals surface area contributed by atoms with Gasteiger partial charge in [-0.15, -0.1) is 0 Å². The summed E-state index contributed by atoms with van der Waals surface area (Å²) in [5.74, 6) is 0.680. The molecule has 0 amide bonds. The zero-order valence-corrected chi connectivity index (χ0v) is 8.76. The maximum atomic E-state index is 2.30. The quantitative estimate of drug-likeness (QED) is 0.635. The highest BCUT2D eigenvalue weighted by Crippen LogP contribution is 2.30. The fraction of sp³-hybridized carbons (Fsp3) is 0.636. The third-order valence-electron chi connectivity index (χ3n) is 3.02. The number of hydrogen-bond acceptors (Lipinski definition) is 0. The molecular weight excluding hydrogens is 146 g/mol. The normalized spacial score (nSPS) is 12.5. The molecule has 0 fully saturated rings. The van der Waals surface area contributed by atoms with Gasteiger partial charge in [0, 0.05) is 19.4 Å². The first-order valence-corrected chi connectivity index (χ1v) is 4.57. The van der Waals surface area contributed by atoms with Crippen molar-refractivity contribution in [3.05, 3.63) is 24.0 Å². The van der Waals surface area contributed by atoms with Gasteiger partial charge in [-0.2, -0.15) is 0 Å². The van der Waals surface area contributed by atoms with Crippen LogP contribution in [0.1, 0.15) is 33.3 Å². The molecule has 0 spiro atoms. The number of aryl methyl sites for hydroxylation is 1. The van der Waals surface area contributed by atoms with Gasteiger partial charge in [-0.05, 0) is 23.0 Å². The molecule has 1 aromatic heterocycles. The SMILES string of the molecule is CC(C)C(C)(C)c1ccn(C)c1. The molecule has 0 saturated carbocycles. The molecule has 0 aromatic carbocycles. The van der Waals surface area contributed by atoms with E-state index in [9.17, 15) is 0 Å². The van der Waals surface area contributed by atoms with Crippen molar-refractivity contribution < 1.29 is 0 Å². The lowest BCUT2D eigenvalue weighted by molar-refractivity contribution is 0.372. The van der Waals surface area contributed by atoms with Gasteiger partial charge in [-0.3, -0.25) is 0 Å². The predicted octanol–water partition coefficient (Wildman–Crippen LogP) is 2.96. The van der Waals surface area contributed by atoms with Gasteiger partial charge in [-0.1, -0.05) is 27.7 Å². The smallest absolute Gasteiger partial charge is 0.0106 e. The molecule has 1 heterocycles. The summed E-state index contributed by atoms with van der Waals surface area (Å²) < 4.78 is 2.11. The van der Waals surface area contributed by atoms with E-state index in [1.165, 1.54) is 5.56 Å². The van der Waals surface area contributed by atoms with E-state index in [1.54, 1.807) is 0 Å². The van der Waals surface area contributed by atoms with Gasteiger partial charge < -0.3 is 4.57 Å². The Morgan fingerprint density at radius 3 is 2.25 bits per heavy atom. The summed E-state index contributed by atoms with van der Waals surface area (Å²) in [6.07, 6.45) is 4.32. The Hall–Kier alpha value is -0.720. The van der Waals surface area contributed by atoms with Crippen LogP contribution in [0, 0.1) is 5.92 Å². The zero-order chi connectivity index (χ0) is 9.35. The average molecular weight is 165 g/mol. The molecule has 0 atom stereocenters. The van der Waals surface area contributed by atoms with Crippen LogP contribution in [0.3, 0.4) is 0 Å². The standard InChI is InChI=1S/C11H19N/c1-9(2)11(3,4)10-6-7-12(5)8-10/h6-9H,1-5H3. The summed E-state index contributed by atoms with van der Waals surface area (Å²) >= 11 is 0. The van der Waals surface area contributed by atoms with Crippen molar-refractivity contribution in [1.29, 1.82) is 0 Å². The van der Waals surface area contributed by atoms with Crippen molar-refractivity contribution in [3.63, 3.8) is 0 Å². The summed E-state index contributed by atoms with van der Waals surface area (Å²) in [7, 11) is 2.07. The van der Waals surface area contributed by atoms with E-state index in [-0.39, 0.29) is 0 Å². The Morgan fingerprint density at radius 2 is 1.92 bits per heavy atom. The molecule has 0 radical (unpaired) electrons. The minimum Gasteiger partial charge on any atom is -0.357 e. The van der Waals surface area contributed by atoms with Gasteiger partial charge in [-0.25, -0.2) is 0 Å². The van der Waals surface area contributed by atoms with E-state index < -0.39 is 0 Å². The largest absolute Gasteiger partial charge is 0.357 e. The Bertz CT molecular complexity index is 256. The first-order chi connectivity index (χ1) is 5.44. The second-order valence-corrected chi connectivity index (χ2v) is 4.44. The molecule has 12 heavy (non-hydrogen) atoms. The van der Waals surface area contributed by atoms with Crippen LogP contribution in [0.2, 0.25) is 0 Å². The molecule has 0 saturated heterocycles. The predicted molar refractivity (Wildman–Crippen MR) is 53.3 cm³/mol. The first kappa shape index (κ1) is 9.37. The van der Waals surface area contributed by atoms with E-state index in [4.69, 9.17) is 0 Å². The van der Waals surface area contributed by atoms with Crippen LogP contribution in [0.25, 0.3) is 0 Å². The molecule has 1 nitrogen and oxygen atoms in total. The van der Waals surface area contributed by atoms with Crippen LogP contribution in [-0.2, 0) is 12.5 Å². The summed E-state index contributed by atoms with van der Waals surface area (Å²) in [4.78, 5) is 0. The van der Waals surface area contributed by atoms with Crippen LogP contribution in [0.15, 0.2) is 18.5 Å². The lowest BCUT2D eigenvalue weighted by atomic mass is 9.76. The van der Waals surface area contributed by atoms with Gasteiger partial charge in [0.1, 0.15) is 0 Å². The third kappa shape index (κ3) is 1.55. The minimum absolute atomic E-state index is 0.293. The van der Waals surface area contributed by atoms with Crippen LogP contribution in [0.4, 0.5) is 0 Å². The summed E-state index contributed by atoms with van der Waals surface area (Å²) in [5.41, 5.74) is 1.72. The van der Waals surface area contributed by atoms with Crippen molar-refractivity contribution in [1.82, 2.24) is 4.57 Å². The van der Waals surface area contributed by atoms with Crippen molar-refractivity contribution >= 4 is 0 Å². The van der Waals surface area contributed by atoms with Crippen LogP contribution in [0.5, 0.6) is 0 Å². The highest BCUT2D eigenvalue weighted by Gasteiger charge is 2.24. The second kappa shape index (κ2) is 2.96. The maximum absolute atomic E-state index is 2.30. The molecule has 0 aliphatic carbocycles. The maximum Gasteiger partial charge on any atom is 0.0106 e. The second-order valence-electron chi connectivity index (χ2n) is 4.44. The number of hydrogen-bond donors (Lipinski definition) is 0. The Morgan fingerprint density at radius 1 is 1.33 bits per heavy atom. The molecule has 1 heteroatoms. The molecular formula is C11H19N. The summed E-state index contributed by atoms with van der Waals surface area (Å²) in [6, 6.07) is 2.21. The summed E-state index contributed by atoms with van der Waals surface area (Å²) in [5, 5.41) is 0. The van der Waals surface area contributed by atoms with Gasteiger partial charge >= 0.3 is 0 Å². The molecule has 0 N–H and O–H groups in total. The number of aromatic nitrogens is 1. The third-order valence-corrected chi connectivity index (χ3v) is 3.02. The van der Waals surface area contributed by atoms with E-state index >= 15 is 0 Å². The van der Waals surface area contributed by atoms with Gasteiger partial charge in [0.25, 0.3) is 0 Å².